The summed E-state index contributed by atoms with van der Waals surface area (Å²) in [5.41, 5.74) is 5.44. The Labute approximate surface area is 140 Å². The average Bonchev–Trinajstić information content (AvgIpc) is 3.05. The van der Waals surface area contributed by atoms with Gasteiger partial charge in [-0.2, -0.15) is 0 Å². The minimum atomic E-state index is -0.347. The zero-order valence-corrected chi connectivity index (χ0v) is 13.9. The maximum Gasteiger partial charge on any atom is 0.269 e. The predicted molar refractivity (Wildman–Crippen MR) is 90.9 cm³/mol. The molecule has 7 heteroatoms. The molecule has 124 valence electrons. The number of carbonyl (C=O) groups is 2. The van der Waals surface area contributed by atoms with Crippen molar-refractivity contribution in [2.24, 2.45) is 5.92 Å². The second kappa shape index (κ2) is 8.47. The number of hydrogen-bond donors (Lipinski definition) is 3. The molecule has 0 aromatic heterocycles. The Hall–Kier alpha value is -2.15. The van der Waals surface area contributed by atoms with Gasteiger partial charge in [0.05, 0.1) is 7.11 Å². The van der Waals surface area contributed by atoms with Gasteiger partial charge in [-0.15, -0.1) is 0 Å². The Kier molecular flexibility index (Phi) is 6.34. The van der Waals surface area contributed by atoms with Crippen molar-refractivity contribution in [3.63, 3.8) is 0 Å². The fraction of sp³-hybridized carbons (Fsp3) is 0.438. The molecule has 0 heterocycles. The van der Waals surface area contributed by atoms with E-state index >= 15 is 0 Å². The molecule has 0 atom stereocenters. The fourth-order valence-corrected chi connectivity index (χ4v) is 2.78. The standard InChI is InChI=1S/C16H21N3O3S/c1-22-13-8-6-12(7-9-13)15(21)18-19-16(23)17-14(20)10-11-4-2-3-5-11/h6-9,11H,2-5,10H2,1H3,(H,18,21)(H2,17,19,20,23). The maximum absolute atomic E-state index is 11.9. The quantitative estimate of drug-likeness (QED) is 0.579. The van der Waals surface area contributed by atoms with E-state index in [9.17, 15) is 9.59 Å². The van der Waals surface area contributed by atoms with Gasteiger partial charge in [-0.05, 0) is 55.2 Å². The van der Waals surface area contributed by atoms with Crippen LogP contribution in [-0.2, 0) is 4.79 Å². The number of hydrazine groups is 1. The topological polar surface area (TPSA) is 79.5 Å². The first-order valence-electron chi connectivity index (χ1n) is 7.62. The van der Waals surface area contributed by atoms with Crippen molar-refractivity contribution in [2.45, 2.75) is 32.1 Å². The van der Waals surface area contributed by atoms with Gasteiger partial charge >= 0.3 is 0 Å². The normalized spacial score (nSPS) is 14.1. The molecule has 6 nitrogen and oxygen atoms in total. The third-order valence-corrected chi connectivity index (χ3v) is 4.05. The van der Waals surface area contributed by atoms with Crippen molar-refractivity contribution in [1.29, 1.82) is 0 Å². The minimum absolute atomic E-state index is 0.0925. The van der Waals surface area contributed by atoms with Crippen LogP contribution in [0.5, 0.6) is 5.75 Å². The van der Waals surface area contributed by atoms with Crippen LogP contribution in [0.2, 0.25) is 0 Å². The molecule has 0 spiro atoms. The number of ether oxygens (including phenoxy) is 1. The van der Waals surface area contributed by atoms with E-state index in [-0.39, 0.29) is 16.9 Å². The number of carbonyl (C=O) groups excluding carboxylic acids is 2. The lowest BCUT2D eigenvalue weighted by Crippen LogP contribution is -2.48. The molecule has 0 radical (unpaired) electrons. The second-order valence-electron chi connectivity index (χ2n) is 5.54. The average molecular weight is 335 g/mol. The van der Waals surface area contributed by atoms with Crippen molar-refractivity contribution in [3.05, 3.63) is 29.8 Å². The first kappa shape index (κ1) is 17.2. The van der Waals surface area contributed by atoms with E-state index in [1.165, 1.54) is 12.8 Å². The zero-order chi connectivity index (χ0) is 16.7. The van der Waals surface area contributed by atoms with E-state index < -0.39 is 0 Å². The highest BCUT2D eigenvalue weighted by Crippen LogP contribution is 2.27. The number of benzene rings is 1. The van der Waals surface area contributed by atoms with E-state index in [1.54, 1.807) is 31.4 Å². The molecule has 1 aliphatic carbocycles. The largest absolute Gasteiger partial charge is 0.497 e. The number of rotatable bonds is 4. The lowest BCUT2D eigenvalue weighted by Gasteiger charge is -2.12. The zero-order valence-electron chi connectivity index (χ0n) is 13.1. The molecular formula is C16H21N3O3S. The molecule has 1 aromatic carbocycles. The van der Waals surface area contributed by atoms with Crippen molar-refractivity contribution < 1.29 is 14.3 Å². The molecule has 2 amide bonds. The summed E-state index contributed by atoms with van der Waals surface area (Å²) in [5, 5.41) is 2.67. The Bertz CT molecular complexity index is 568. The Morgan fingerprint density at radius 3 is 2.43 bits per heavy atom. The van der Waals surface area contributed by atoms with Gasteiger partial charge in [0.25, 0.3) is 5.91 Å². The summed E-state index contributed by atoms with van der Waals surface area (Å²) in [6.07, 6.45) is 5.06. The Balaban J connectivity index is 1.72. The molecule has 1 aliphatic rings. The number of nitrogens with one attached hydrogen (secondary N) is 3. The van der Waals surface area contributed by atoms with Crippen LogP contribution in [0.4, 0.5) is 0 Å². The fourth-order valence-electron chi connectivity index (χ4n) is 2.61. The summed E-state index contributed by atoms with van der Waals surface area (Å²) >= 11 is 5.00. The SMILES string of the molecule is COc1ccc(C(=O)NNC(=S)NC(=O)CC2CCCC2)cc1. The summed E-state index contributed by atoms with van der Waals surface area (Å²) < 4.78 is 5.03. The van der Waals surface area contributed by atoms with Crippen LogP contribution in [0.15, 0.2) is 24.3 Å². The van der Waals surface area contributed by atoms with Gasteiger partial charge in [0.1, 0.15) is 5.75 Å². The molecule has 3 N–H and O–H groups in total. The van der Waals surface area contributed by atoms with Gasteiger partial charge in [0.2, 0.25) is 5.91 Å². The van der Waals surface area contributed by atoms with Crippen LogP contribution < -0.4 is 20.9 Å². The van der Waals surface area contributed by atoms with Gasteiger partial charge in [-0.3, -0.25) is 20.4 Å². The highest BCUT2D eigenvalue weighted by molar-refractivity contribution is 7.80. The van der Waals surface area contributed by atoms with E-state index in [2.05, 4.69) is 16.2 Å². The third-order valence-electron chi connectivity index (χ3n) is 3.84. The third kappa shape index (κ3) is 5.52. The van der Waals surface area contributed by atoms with E-state index in [0.717, 1.165) is 12.8 Å². The van der Waals surface area contributed by atoms with Gasteiger partial charge in [0, 0.05) is 12.0 Å². The van der Waals surface area contributed by atoms with Crippen LogP contribution in [-0.4, -0.2) is 24.0 Å². The molecule has 0 bridgehead atoms. The first-order chi connectivity index (χ1) is 11.1. The van der Waals surface area contributed by atoms with Crippen molar-refractivity contribution >= 4 is 29.1 Å². The number of amides is 2. The number of thiocarbonyl (C=S) groups is 1. The van der Waals surface area contributed by atoms with Crippen molar-refractivity contribution in [1.82, 2.24) is 16.2 Å². The minimum Gasteiger partial charge on any atom is -0.497 e. The van der Waals surface area contributed by atoms with E-state index in [4.69, 9.17) is 17.0 Å². The molecule has 1 fully saturated rings. The lowest BCUT2D eigenvalue weighted by molar-refractivity contribution is -0.120. The molecule has 0 saturated heterocycles. The monoisotopic (exact) mass is 335 g/mol. The maximum atomic E-state index is 11.9. The molecule has 23 heavy (non-hydrogen) atoms. The summed E-state index contributed by atoms with van der Waals surface area (Å²) in [5.74, 6) is 0.657. The number of hydrogen-bond acceptors (Lipinski definition) is 4. The van der Waals surface area contributed by atoms with Gasteiger partial charge in [-0.25, -0.2) is 0 Å². The van der Waals surface area contributed by atoms with Crippen LogP contribution in [0.25, 0.3) is 0 Å². The van der Waals surface area contributed by atoms with Crippen molar-refractivity contribution in [2.75, 3.05) is 7.11 Å². The molecule has 0 unspecified atom stereocenters. The Morgan fingerprint density at radius 1 is 1.17 bits per heavy atom. The van der Waals surface area contributed by atoms with E-state index in [1.807, 2.05) is 0 Å². The smallest absolute Gasteiger partial charge is 0.269 e. The molecule has 0 aliphatic heterocycles. The summed E-state index contributed by atoms with van der Waals surface area (Å²) in [4.78, 5) is 23.8. The summed E-state index contributed by atoms with van der Waals surface area (Å²) in [6, 6.07) is 6.66. The van der Waals surface area contributed by atoms with Gasteiger partial charge in [0.15, 0.2) is 5.11 Å². The van der Waals surface area contributed by atoms with Crippen LogP contribution in [0.3, 0.4) is 0 Å². The van der Waals surface area contributed by atoms with Gasteiger partial charge < -0.3 is 10.1 Å². The first-order valence-corrected chi connectivity index (χ1v) is 8.03. The van der Waals surface area contributed by atoms with E-state index in [0.29, 0.717) is 23.7 Å². The molecule has 1 aromatic rings. The highest BCUT2D eigenvalue weighted by atomic mass is 32.1. The van der Waals surface area contributed by atoms with Crippen LogP contribution in [0.1, 0.15) is 42.5 Å². The predicted octanol–water partition coefficient (Wildman–Crippen LogP) is 1.91. The summed E-state index contributed by atoms with van der Waals surface area (Å²) in [7, 11) is 1.56. The van der Waals surface area contributed by atoms with Gasteiger partial charge in [-0.1, -0.05) is 12.8 Å². The van der Waals surface area contributed by atoms with Crippen molar-refractivity contribution in [3.8, 4) is 5.75 Å². The number of methoxy groups -OCH3 is 1. The van der Waals surface area contributed by atoms with Crippen LogP contribution in [0, 0.1) is 5.92 Å². The molecular weight excluding hydrogens is 314 g/mol. The summed E-state index contributed by atoms with van der Waals surface area (Å²) in [6.45, 7) is 0. The highest BCUT2D eigenvalue weighted by Gasteiger charge is 2.18. The lowest BCUT2D eigenvalue weighted by atomic mass is 10.0. The molecule has 2 rings (SSSR count). The Morgan fingerprint density at radius 2 is 1.83 bits per heavy atom. The van der Waals surface area contributed by atoms with Crippen LogP contribution >= 0.6 is 12.2 Å². The second-order valence-corrected chi connectivity index (χ2v) is 5.95. The molecule has 1 saturated carbocycles.